The zero-order valence-electron chi connectivity index (χ0n) is 18.9. The summed E-state index contributed by atoms with van der Waals surface area (Å²) >= 11 is 11.8. The Hall–Kier alpha value is -2.59. The molecule has 0 spiro atoms. The number of nitrogens with one attached hydrogen (secondary N) is 1. The summed E-state index contributed by atoms with van der Waals surface area (Å²) in [5, 5.41) is 13.3. The second-order valence-corrected chi connectivity index (χ2v) is 8.64. The molecule has 170 valence electrons. The molecule has 0 unspecified atom stereocenters. The highest BCUT2D eigenvalue weighted by atomic mass is 35.5. The first-order chi connectivity index (χ1) is 15.1. The van der Waals surface area contributed by atoms with Gasteiger partial charge in [-0.25, -0.2) is 4.39 Å². The van der Waals surface area contributed by atoms with Crippen LogP contribution in [0.5, 0.6) is 0 Å². The van der Waals surface area contributed by atoms with E-state index in [-0.39, 0.29) is 10.6 Å². The molecule has 0 atom stereocenters. The number of benzene rings is 2. The normalized spacial score (nSPS) is 10.9. The van der Waals surface area contributed by atoms with Crippen molar-refractivity contribution >= 4 is 51.2 Å². The van der Waals surface area contributed by atoms with Gasteiger partial charge in [0.25, 0.3) is 0 Å². The average Bonchev–Trinajstić information content (AvgIpc) is 2.71. The molecule has 5 nitrogen and oxygen atoms in total. The van der Waals surface area contributed by atoms with Crippen molar-refractivity contribution in [1.82, 2.24) is 9.88 Å². The van der Waals surface area contributed by atoms with Crippen LogP contribution in [0.25, 0.3) is 10.9 Å². The van der Waals surface area contributed by atoms with Gasteiger partial charge in [-0.1, -0.05) is 30.1 Å². The van der Waals surface area contributed by atoms with E-state index >= 15 is 0 Å². The topological polar surface area (TPSA) is 78.0 Å². The Morgan fingerprint density at radius 3 is 2.28 bits per heavy atom. The molecule has 0 bridgehead atoms. The van der Waals surface area contributed by atoms with Crippen LogP contribution in [0, 0.1) is 17.1 Å². The van der Waals surface area contributed by atoms with Gasteiger partial charge >= 0.3 is 0 Å². The fourth-order valence-corrected chi connectivity index (χ4v) is 3.94. The molecule has 3 N–H and O–H groups in total. The van der Waals surface area contributed by atoms with Gasteiger partial charge in [0.2, 0.25) is 0 Å². The largest absolute Gasteiger partial charge is 0.399 e. The van der Waals surface area contributed by atoms with Crippen LogP contribution in [0.1, 0.15) is 40.2 Å². The van der Waals surface area contributed by atoms with Gasteiger partial charge in [0.15, 0.2) is 0 Å². The first kappa shape index (κ1) is 25.7. The van der Waals surface area contributed by atoms with Gasteiger partial charge in [0, 0.05) is 35.0 Å². The molecule has 0 saturated carbocycles. The highest BCUT2D eigenvalue weighted by molar-refractivity contribution is 6.35. The summed E-state index contributed by atoms with van der Waals surface area (Å²) < 4.78 is 13.6. The number of nitrogens with two attached hydrogens (primary N) is 1. The number of hydrogen-bond acceptors (Lipinski definition) is 5. The summed E-state index contributed by atoms with van der Waals surface area (Å²) in [5.41, 5.74) is 7.93. The van der Waals surface area contributed by atoms with Crippen LogP contribution in [0.3, 0.4) is 0 Å². The molecule has 0 amide bonds. The molecule has 32 heavy (non-hydrogen) atoms. The quantitative estimate of drug-likeness (QED) is 0.388. The molecule has 0 aliphatic heterocycles. The number of nitrogen functional groups attached to an aromatic ring is 1. The smallest absolute Gasteiger partial charge is 0.143 e. The third kappa shape index (κ3) is 6.23. The average molecular weight is 476 g/mol. The van der Waals surface area contributed by atoms with E-state index in [2.05, 4.69) is 49.8 Å². The van der Waals surface area contributed by atoms with Crippen molar-refractivity contribution in [3.63, 3.8) is 0 Å². The van der Waals surface area contributed by atoms with Gasteiger partial charge in [-0.15, -0.1) is 0 Å². The molecule has 0 aliphatic carbocycles. The molecule has 3 rings (SSSR count). The third-order valence-corrected chi connectivity index (χ3v) is 5.54. The van der Waals surface area contributed by atoms with Crippen LogP contribution in [0.15, 0.2) is 36.5 Å². The lowest BCUT2D eigenvalue weighted by Crippen LogP contribution is -2.36. The van der Waals surface area contributed by atoms with Crippen LogP contribution in [-0.2, 0) is 0 Å². The van der Waals surface area contributed by atoms with Gasteiger partial charge in [-0.2, -0.15) is 5.26 Å². The van der Waals surface area contributed by atoms with Crippen LogP contribution in [0.4, 0.5) is 21.5 Å². The maximum atomic E-state index is 13.6. The first-order valence-corrected chi connectivity index (χ1v) is 11.1. The van der Waals surface area contributed by atoms with E-state index in [0.29, 0.717) is 45.1 Å². The summed E-state index contributed by atoms with van der Waals surface area (Å²) in [4.78, 5) is 6.64. The lowest BCUT2D eigenvalue weighted by molar-refractivity contribution is 0.185. The summed E-state index contributed by atoms with van der Waals surface area (Å²) in [6, 6.07) is 10.9. The number of hydrogen-bond donors (Lipinski definition) is 2. The molecular weight excluding hydrogens is 448 g/mol. The van der Waals surface area contributed by atoms with E-state index in [1.54, 1.807) is 18.2 Å². The predicted octanol–water partition coefficient (Wildman–Crippen LogP) is 7.00. The van der Waals surface area contributed by atoms with E-state index in [1.165, 1.54) is 18.3 Å². The van der Waals surface area contributed by atoms with Crippen molar-refractivity contribution in [3.8, 4) is 6.07 Å². The van der Waals surface area contributed by atoms with Crippen molar-refractivity contribution in [1.29, 1.82) is 5.26 Å². The maximum Gasteiger partial charge on any atom is 0.143 e. The van der Waals surface area contributed by atoms with E-state index in [1.807, 2.05) is 6.07 Å². The second kappa shape index (κ2) is 11.3. The van der Waals surface area contributed by atoms with Crippen molar-refractivity contribution in [2.24, 2.45) is 0 Å². The fraction of sp³-hybridized carbons (Fsp3) is 0.333. The zero-order chi connectivity index (χ0) is 24.0. The van der Waals surface area contributed by atoms with E-state index in [4.69, 9.17) is 28.9 Å². The molecule has 0 saturated heterocycles. The molecule has 1 aromatic heterocycles. The highest BCUT2D eigenvalue weighted by Gasteiger charge is 2.13. The minimum absolute atomic E-state index is 0.0166. The van der Waals surface area contributed by atoms with Crippen LogP contribution in [-0.4, -0.2) is 28.5 Å². The lowest BCUT2D eigenvalue weighted by Gasteiger charge is -2.28. The molecule has 0 fully saturated rings. The summed E-state index contributed by atoms with van der Waals surface area (Å²) in [6.07, 6.45) is 1.40. The Bertz CT molecular complexity index is 1120. The highest BCUT2D eigenvalue weighted by Crippen LogP contribution is 2.34. The molecule has 2 aromatic carbocycles. The second-order valence-electron chi connectivity index (χ2n) is 7.83. The Morgan fingerprint density at radius 1 is 1.12 bits per heavy atom. The Kier molecular flexibility index (Phi) is 9.09. The first-order valence-electron chi connectivity index (χ1n) is 10.3. The molecule has 8 heteroatoms. The van der Waals surface area contributed by atoms with Gasteiger partial charge in [-0.3, -0.25) is 9.88 Å². The minimum Gasteiger partial charge on any atom is -0.399 e. The molecule has 0 aliphatic rings. The number of halogens is 3. The molecule has 1 heterocycles. The summed E-state index contributed by atoms with van der Waals surface area (Å²) in [7, 11) is 0. The van der Waals surface area contributed by atoms with Crippen molar-refractivity contribution in [3.05, 3.63) is 58.0 Å². The zero-order valence-corrected chi connectivity index (χ0v) is 20.4. The Morgan fingerprint density at radius 2 is 1.78 bits per heavy atom. The van der Waals surface area contributed by atoms with Gasteiger partial charge in [0.1, 0.15) is 11.9 Å². The number of pyridine rings is 1. The number of anilines is 3. The molecular formula is C24H28Cl2FN5. The van der Waals surface area contributed by atoms with E-state index in [9.17, 15) is 9.65 Å². The number of fused-ring (bicyclic) bond motifs is 1. The minimum atomic E-state index is -0.564. The van der Waals surface area contributed by atoms with Crippen LogP contribution < -0.4 is 11.1 Å². The van der Waals surface area contributed by atoms with E-state index in [0.717, 1.165) is 6.54 Å². The van der Waals surface area contributed by atoms with Crippen LogP contribution >= 0.6 is 23.2 Å². The maximum absolute atomic E-state index is 13.6. The van der Waals surface area contributed by atoms with Crippen molar-refractivity contribution in [2.75, 3.05) is 17.6 Å². The van der Waals surface area contributed by atoms with Gasteiger partial charge in [-0.05, 0) is 64.6 Å². The lowest BCUT2D eigenvalue weighted by atomic mass is 10.1. The van der Waals surface area contributed by atoms with Crippen molar-refractivity contribution < 1.29 is 4.39 Å². The summed E-state index contributed by atoms with van der Waals surface area (Å²) in [6.45, 7) is 12.3. The summed E-state index contributed by atoms with van der Waals surface area (Å²) in [5.74, 6) is -0.564. The number of rotatable bonds is 5. The SMILES string of the molecule is CCN(C(C)C)C(C)C.N#Cc1cnc2c(Cl)cc(N)cc2c1Nc1ccc(Cl)c(F)c1. The van der Waals surface area contributed by atoms with Gasteiger partial charge in [0.05, 0.1) is 26.8 Å². The van der Waals surface area contributed by atoms with Crippen LogP contribution in [0.2, 0.25) is 10.0 Å². The number of nitriles is 1. The fourth-order valence-electron chi connectivity index (χ4n) is 3.54. The molecule has 0 radical (unpaired) electrons. The molecule has 3 aromatic rings. The monoisotopic (exact) mass is 475 g/mol. The third-order valence-electron chi connectivity index (χ3n) is 4.95. The van der Waals surface area contributed by atoms with Gasteiger partial charge < -0.3 is 11.1 Å². The van der Waals surface area contributed by atoms with E-state index < -0.39 is 5.82 Å². The Labute approximate surface area is 198 Å². The number of nitrogens with zero attached hydrogens (tertiary/aromatic N) is 3. The standard InChI is InChI=1S/C16H9Cl2FN4.C8H19N/c17-12-2-1-10(5-14(12)19)23-15-8(6-20)7-22-16-11(15)3-9(21)4-13(16)18;1-6-9(7(2)3)8(4)5/h1-5,7H,21H2,(H,22,23);7-8H,6H2,1-5H3. The Balaban J connectivity index is 0.000000344. The predicted molar refractivity (Wildman–Crippen MR) is 133 cm³/mol. The number of aromatic nitrogens is 1. The van der Waals surface area contributed by atoms with Crippen molar-refractivity contribution in [2.45, 2.75) is 46.7 Å².